The molecule has 1 N–H and O–H groups in total. The molecule has 1 aromatic heterocycles. The number of benzene rings is 4. The summed E-state index contributed by atoms with van der Waals surface area (Å²) in [5, 5.41) is 14.9. The summed E-state index contributed by atoms with van der Waals surface area (Å²) in [6.45, 7) is 0. The molecular weight excluding hydrogens is 294 g/mol. The molecule has 0 aliphatic carbocycles. The Morgan fingerprint density at radius 3 is 2.00 bits per heavy atom. The third kappa shape index (κ3) is 1.71. The quantitative estimate of drug-likeness (QED) is 0.426. The van der Waals surface area contributed by atoms with Crippen LogP contribution < -0.4 is 0 Å². The van der Waals surface area contributed by atoms with E-state index in [1.54, 1.807) is 0 Å². The maximum absolute atomic E-state index is 10.6. The molecule has 0 saturated heterocycles. The first-order valence-corrected chi connectivity index (χ1v) is 8.04. The van der Waals surface area contributed by atoms with E-state index in [-0.39, 0.29) is 0 Å². The lowest BCUT2D eigenvalue weighted by Crippen LogP contribution is -1.92. The van der Waals surface area contributed by atoms with Crippen molar-refractivity contribution in [3.8, 4) is 11.4 Å². The number of hydrogen-bond acceptors (Lipinski definition) is 1. The number of hydrogen-bond donors (Lipinski definition) is 1. The van der Waals surface area contributed by atoms with Crippen molar-refractivity contribution >= 4 is 32.6 Å². The van der Waals surface area contributed by atoms with Crippen LogP contribution in [0.15, 0.2) is 84.9 Å². The molecule has 1 heterocycles. The number of rotatable bonds is 1. The van der Waals surface area contributed by atoms with Crippen LogP contribution in [0.5, 0.6) is 5.75 Å². The van der Waals surface area contributed by atoms with Gasteiger partial charge in [0, 0.05) is 27.9 Å². The fourth-order valence-corrected chi connectivity index (χ4v) is 3.67. The fraction of sp³-hybridized carbons (Fsp3) is 0. The van der Waals surface area contributed by atoms with Gasteiger partial charge in [0.25, 0.3) is 0 Å². The van der Waals surface area contributed by atoms with Crippen molar-refractivity contribution in [2.24, 2.45) is 0 Å². The van der Waals surface area contributed by atoms with Crippen molar-refractivity contribution < 1.29 is 5.11 Å². The summed E-state index contributed by atoms with van der Waals surface area (Å²) in [6.07, 6.45) is 0. The van der Waals surface area contributed by atoms with Gasteiger partial charge in [0.2, 0.25) is 0 Å². The highest BCUT2D eigenvalue weighted by atomic mass is 16.3. The molecule has 0 saturated carbocycles. The number of phenolic OH excluding ortho intramolecular Hbond substituents is 1. The van der Waals surface area contributed by atoms with Gasteiger partial charge < -0.3 is 9.67 Å². The van der Waals surface area contributed by atoms with Crippen LogP contribution in [0.2, 0.25) is 0 Å². The predicted octanol–water partition coefficient (Wildman–Crippen LogP) is 5.64. The van der Waals surface area contributed by atoms with Gasteiger partial charge in [-0.15, -0.1) is 0 Å². The van der Waals surface area contributed by atoms with Crippen molar-refractivity contribution in [3.05, 3.63) is 84.9 Å². The molecule has 0 fully saturated rings. The second kappa shape index (κ2) is 4.87. The Kier molecular flexibility index (Phi) is 2.68. The van der Waals surface area contributed by atoms with Gasteiger partial charge in [0.15, 0.2) is 0 Å². The monoisotopic (exact) mass is 309 g/mol. The molecular formula is C22H15NO. The predicted molar refractivity (Wildman–Crippen MR) is 100.0 cm³/mol. The van der Waals surface area contributed by atoms with Gasteiger partial charge in [-0.1, -0.05) is 60.7 Å². The van der Waals surface area contributed by atoms with E-state index in [4.69, 9.17) is 0 Å². The minimum Gasteiger partial charge on any atom is -0.507 e. The zero-order chi connectivity index (χ0) is 16.1. The van der Waals surface area contributed by atoms with Crippen molar-refractivity contribution in [2.75, 3.05) is 0 Å². The molecule has 0 radical (unpaired) electrons. The highest BCUT2D eigenvalue weighted by Gasteiger charge is 2.16. The van der Waals surface area contributed by atoms with Crippen LogP contribution in [-0.4, -0.2) is 9.67 Å². The van der Waals surface area contributed by atoms with Crippen LogP contribution in [0.4, 0.5) is 0 Å². The van der Waals surface area contributed by atoms with Crippen LogP contribution in [0.1, 0.15) is 0 Å². The van der Waals surface area contributed by atoms with Crippen LogP contribution >= 0.6 is 0 Å². The normalized spacial score (nSPS) is 11.5. The fourth-order valence-electron chi connectivity index (χ4n) is 3.67. The van der Waals surface area contributed by atoms with Gasteiger partial charge in [-0.2, -0.15) is 0 Å². The van der Waals surface area contributed by atoms with Gasteiger partial charge in [0.1, 0.15) is 5.75 Å². The Bertz CT molecular complexity index is 1200. The lowest BCUT2D eigenvalue weighted by Gasteiger charge is -2.09. The van der Waals surface area contributed by atoms with E-state index < -0.39 is 0 Å². The molecule has 5 rings (SSSR count). The minimum absolute atomic E-state index is 0.318. The Labute approximate surface area is 139 Å². The Hall–Kier alpha value is -3.26. The van der Waals surface area contributed by atoms with E-state index in [2.05, 4.69) is 47.0 Å². The summed E-state index contributed by atoms with van der Waals surface area (Å²) in [7, 11) is 0. The third-order valence-corrected chi connectivity index (χ3v) is 4.67. The second-order valence-electron chi connectivity index (χ2n) is 6.02. The molecule has 0 spiro atoms. The molecule has 5 aromatic rings. The average Bonchev–Trinajstić information content (AvgIpc) is 2.97. The zero-order valence-corrected chi connectivity index (χ0v) is 13.0. The summed E-state index contributed by atoms with van der Waals surface area (Å²) in [6, 6.07) is 28.6. The van der Waals surface area contributed by atoms with Crippen LogP contribution in [0.25, 0.3) is 38.3 Å². The summed E-state index contributed by atoms with van der Waals surface area (Å²) in [4.78, 5) is 0. The smallest absolute Gasteiger partial charge is 0.125 e. The molecule has 0 atom stereocenters. The van der Waals surface area contributed by atoms with Gasteiger partial charge in [-0.25, -0.2) is 0 Å². The molecule has 24 heavy (non-hydrogen) atoms. The zero-order valence-electron chi connectivity index (χ0n) is 13.0. The lowest BCUT2D eigenvalue weighted by atomic mass is 10.0. The summed E-state index contributed by atoms with van der Waals surface area (Å²) in [5.74, 6) is 0.318. The van der Waals surface area contributed by atoms with Crippen molar-refractivity contribution in [2.45, 2.75) is 0 Å². The number of fused-ring (bicyclic) bond motifs is 5. The molecule has 0 unspecified atom stereocenters. The number of phenols is 1. The molecule has 114 valence electrons. The first kappa shape index (κ1) is 13.2. The minimum atomic E-state index is 0.318. The molecule has 0 amide bonds. The Balaban J connectivity index is 2.10. The standard InChI is InChI=1S/C22H15NO/c24-21-14-20-22(17-11-5-4-10-16(17)21)18-12-6-7-13-19(18)23(20)15-8-2-1-3-9-15/h1-14,24H. The first-order valence-electron chi connectivity index (χ1n) is 8.04. The molecule has 4 aromatic carbocycles. The summed E-state index contributed by atoms with van der Waals surface area (Å²) < 4.78 is 2.22. The topological polar surface area (TPSA) is 25.2 Å². The molecule has 0 aliphatic heterocycles. The van der Waals surface area contributed by atoms with E-state index in [0.29, 0.717) is 5.75 Å². The van der Waals surface area contributed by atoms with E-state index >= 15 is 0 Å². The highest BCUT2D eigenvalue weighted by molar-refractivity contribution is 6.22. The average molecular weight is 309 g/mol. The van der Waals surface area contributed by atoms with Crippen molar-refractivity contribution in [3.63, 3.8) is 0 Å². The van der Waals surface area contributed by atoms with Gasteiger partial charge in [0.05, 0.1) is 11.0 Å². The van der Waals surface area contributed by atoms with Crippen molar-refractivity contribution in [1.82, 2.24) is 4.57 Å². The number of para-hydroxylation sites is 2. The highest BCUT2D eigenvalue weighted by Crippen LogP contribution is 2.40. The first-order chi connectivity index (χ1) is 11.8. The molecule has 0 bridgehead atoms. The largest absolute Gasteiger partial charge is 0.507 e. The Morgan fingerprint density at radius 1 is 0.583 bits per heavy atom. The summed E-state index contributed by atoms with van der Waals surface area (Å²) in [5.41, 5.74) is 3.27. The second-order valence-corrected chi connectivity index (χ2v) is 6.02. The van der Waals surface area contributed by atoms with Crippen LogP contribution in [0.3, 0.4) is 0 Å². The van der Waals surface area contributed by atoms with E-state index in [1.165, 1.54) is 10.8 Å². The van der Waals surface area contributed by atoms with Crippen LogP contribution in [0, 0.1) is 0 Å². The number of nitrogens with zero attached hydrogens (tertiary/aromatic N) is 1. The van der Waals surface area contributed by atoms with E-state index in [9.17, 15) is 5.11 Å². The summed E-state index contributed by atoms with van der Waals surface area (Å²) >= 11 is 0. The van der Waals surface area contributed by atoms with Crippen LogP contribution in [-0.2, 0) is 0 Å². The van der Waals surface area contributed by atoms with Gasteiger partial charge >= 0.3 is 0 Å². The SMILES string of the molecule is Oc1cc2c(c3ccccc13)c1ccccc1n2-c1ccccc1. The molecule has 2 heteroatoms. The Morgan fingerprint density at radius 2 is 1.21 bits per heavy atom. The van der Waals surface area contributed by atoms with E-state index in [1.807, 2.05) is 42.5 Å². The molecule has 2 nitrogen and oxygen atoms in total. The van der Waals surface area contributed by atoms with Gasteiger partial charge in [-0.3, -0.25) is 0 Å². The number of aromatic nitrogens is 1. The van der Waals surface area contributed by atoms with Gasteiger partial charge in [-0.05, 0) is 23.6 Å². The van der Waals surface area contributed by atoms with E-state index in [0.717, 1.165) is 27.5 Å². The molecule has 0 aliphatic rings. The van der Waals surface area contributed by atoms with Crippen molar-refractivity contribution in [1.29, 1.82) is 0 Å². The third-order valence-electron chi connectivity index (χ3n) is 4.67. The maximum Gasteiger partial charge on any atom is 0.125 e. The maximum atomic E-state index is 10.6. The lowest BCUT2D eigenvalue weighted by molar-refractivity contribution is 0.482. The number of aromatic hydroxyl groups is 1.